The van der Waals surface area contributed by atoms with Crippen molar-refractivity contribution >= 4 is 34.9 Å². The number of hydrogen-bond acceptors (Lipinski definition) is 6. The average molecular weight is 513 g/mol. The van der Waals surface area contributed by atoms with E-state index in [0.29, 0.717) is 23.0 Å². The van der Waals surface area contributed by atoms with Crippen LogP contribution in [0.3, 0.4) is 0 Å². The number of hydrogen-bond donors (Lipinski definition) is 4. The minimum absolute atomic E-state index is 0.235. The molecule has 5 N–H and O–H groups in total. The average Bonchev–Trinajstić information content (AvgIpc) is 2.86. The normalized spacial score (nSPS) is 12.2. The predicted molar refractivity (Wildman–Crippen MR) is 144 cm³/mol. The molecule has 2 aromatic carbocycles. The first-order chi connectivity index (χ1) is 17.6. The molecule has 0 amide bonds. The zero-order valence-corrected chi connectivity index (χ0v) is 21.1. The molecule has 0 saturated carbocycles. The Morgan fingerprint density at radius 3 is 2.49 bits per heavy atom. The second-order valence-electron chi connectivity index (χ2n) is 8.43. The molecule has 0 saturated heterocycles. The number of hydrazone groups is 1. The maximum atomic E-state index is 12.9. The van der Waals surface area contributed by atoms with Gasteiger partial charge in [-0.05, 0) is 62.2 Å². The predicted octanol–water partition coefficient (Wildman–Crippen LogP) is 5.83. The molecule has 37 heavy (non-hydrogen) atoms. The lowest BCUT2D eigenvalue weighted by Crippen LogP contribution is -2.38. The molecule has 0 aliphatic rings. The van der Waals surface area contributed by atoms with Crippen LogP contribution in [-0.2, 0) is 12.6 Å². The highest BCUT2D eigenvalue weighted by Crippen LogP contribution is 2.31. The molecule has 196 valence electrons. The number of alkyl halides is 3. The standard InChI is InChI=1S/C26H31F3N8/c1-5-18-8-6-11-23(34-17(2)3)24(18)36-25(31-4)37(30)33-16-21-12-13-22(15-32-21)35-20-10-7-9-19(14-20)26(27,28)29/h6-17,34-35H,5,30H2,1-4H3,(H,31,36)/b33-16+. The van der Waals surface area contributed by atoms with Crippen molar-refractivity contribution in [1.82, 2.24) is 10.1 Å². The summed E-state index contributed by atoms with van der Waals surface area (Å²) in [4.78, 5) is 8.51. The molecule has 0 aliphatic carbocycles. The van der Waals surface area contributed by atoms with Crippen molar-refractivity contribution in [3.8, 4) is 0 Å². The number of hydrazine groups is 1. The number of halogens is 3. The van der Waals surface area contributed by atoms with E-state index in [1.165, 1.54) is 18.5 Å². The highest BCUT2D eigenvalue weighted by Gasteiger charge is 2.30. The summed E-state index contributed by atoms with van der Waals surface area (Å²) >= 11 is 0. The Kier molecular flexibility index (Phi) is 9.07. The molecular weight excluding hydrogens is 481 g/mol. The molecule has 0 atom stereocenters. The Bertz CT molecular complexity index is 1240. The van der Waals surface area contributed by atoms with Gasteiger partial charge in [0.25, 0.3) is 0 Å². The topological polar surface area (TPSA) is 103 Å². The molecular formula is C26H31F3N8. The molecule has 0 spiro atoms. The molecule has 1 aromatic heterocycles. The summed E-state index contributed by atoms with van der Waals surface area (Å²) in [6.45, 7) is 6.19. The largest absolute Gasteiger partial charge is 0.416 e. The molecule has 8 nitrogen and oxygen atoms in total. The van der Waals surface area contributed by atoms with Gasteiger partial charge in [0, 0.05) is 18.8 Å². The van der Waals surface area contributed by atoms with E-state index in [9.17, 15) is 13.2 Å². The molecule has 0 bridgehead atoms. The van der Waals surface area contributed by atoms with Gasteiger partial charge >= 0.3 is 6.18 Å². The summed E-state index contributed by atoms with van der Waals surface area (Å²) in [5.74, 6) is 6.46. The number of pyridine rings is 1. The molecule has 0 unspecified atom stereocenters. The van der Waals surface area contributed by atoms with Crippen molar-refractivity contribution in [3.05, 3.63) is 77.6 Å². The van der Waals surface area contributed by atoms with E-state index in [1.54, 1.807) is 25.2 Å². The fourth-order valence-electron chi connectivity index (χ4n) is 3.47. The number of nitrogens with zero attached hydrogens (tertiary/aromatic N) is 4. The summed E-state index contributed by atoms with van der Waals surface area (Å²) in [6.07, 6.45) is -0.645. The zero-order valence-electron chi connectivity index (χ0n) is 21.1. The fraction of sp³-hybridized carbons (Fsp3) is 0.269. The van der Waals surface area contributed by atoms with Crippen LogP contribution in [0.5, 0.6) is 0 Å². The molecule has 3 rings (SSSR count). The number of anilines is 4. The second-order valence-corrected chi connectivity index (χ2v) is 8.43. The van der Waals surface area contributed by atoms with Gasteiger partial charge in [-0.15, -0.1) is 0 Å². The molecule has 1 heterocycles. The highest BCUT2D eigenvalue weighted by molar-refractivity contribution is 5.97. The maximum Gasteiger partial charge on any atom is 0.416 e. The summed E-state index contributed by atoms with van der Waals surface area (Å²) in [7, 11) is 1.61. The first kappa shape index (κ1) is 27.5. The third-order valence-corrected chi connectivity index (χ3v) is 5.22. The Labute approximate surface area is 214 Å². The zero-order chi connectivity index (χ0) is 27.0. The van der Waals surface area contributed by atoms with Crippen LogP contribution in [0, 0.1) is 0 Å². The first-order valence-electron chi connectivity index (χ1n) is 11.7. The lowest BCUT2D eigenvalue weighted by molar-refractivity contribution is -0.137. The van der Waals surface area contributed by atoms with Crippen LogP contribution in [0.4, 0.5) is 35.9 Å². The number of guanidine groups is 1. The van der Waals surface area contributed by atoms with Gasteiger partial charge in [-0.1, -0.05) is 25.1 Å². The van der Waals surface area contributed by atoms with Gasteiger partial charge in [0.15, 0.2) is 0 Å². The van der Waals surface area contributed by atoms with Crippen LogP contribution in [0.25, 0.3) is 0 Å². The minimum Gasteiger partial charge on any atom is -0.381 e. The van der Waals surface area contributed by atoms with Crippen LogP contribution in [-0.4, -0.2) is 35.4 Å². The van der Waals surface area contributed by atoms with Gasteiger partial charge in [-0.3, -0.25) is 9.98 Å². The smallest absolute Gasteiger partial charge is 0.381 e. The van der Waals surface area contributed by atoms with Gasteiger partial charge in [-0.25, -0.2) is 5.84 Å². The Morgan fingerprint density at radius 1 is 1.11 bits per heavy atom. The number of para-hydroxylation sites is 1. The van der Waals surface area contributed by atoms with Crippen LogP contribution in [0.1, 0.15) is 37.6 Å². The quantitative estimate of drug-likeness (QED) is 0.131. The molecule has 11 heteroatoms. The van der Waals surface area contributed by atoms with E-state index in [2.05, 4.69) is 51.8 Å². The summed E-state index contributed by atoms with van der Waals surface area (Å²) < 4.78 is 38.8. The monoisotopic (exact) mass is 512 g/mol. The van der Waals surface area contributed by atoms with Crippen molar-refractivity contribution in [3.63, 3.8) is 0 Å². The van der Waals surface area contributed by atoms with Crippen molar-refractivity contribution in [2.24, 2.45) is 15.9 Å². The number of aryl methyl sites for hydroxylation is 1. The Balaban J connectivity index is 1.69. The Morgan fingerprint density at radius 2 is 1.86 bits per heavy atom. The Hall–Kier alpha value is -4.12. The van der Waals surface area contributed by atoms with E-state index >= 15 is 0 Å². The maximum absolute atomic E-state index is 12.9. The number of nitrogens with two attached hydrogens (primary N) is 1. The van der Waals surface area contributed by atoms with Crippen molar-refractivity contribution in [1.29, 1.82) is 0 Å². The molecule has 0 aliphatic heterocycles. The van der Waals surface area contributed by atoms with E-state index in [0.717, 1.165) is 40.6 Å². The van der Waals surface area contributed by atoms with Crippen molar-refractivity contribution < 1.29 is 13.2 Å². The summed E-state index contributed by atoms with van der Waals surface area (Å²) in [5, 5.41) is 14.9. The third kappa shape index (κ3) is 7.68. The highest BCUT2D eigenvalue weighted by atomic mass is 19.4. The van der Waals surface area contributed by atoms with Crippen molar-refractivity contribution in [2.75, 3.05) is 23.0 Å². The lowest BCUT2D eigenvalue weighted by Gasteiger charge is -2.22. The van der Waals surface area contributed by atoms with Gasteiger partial charge in [-0.2, -0.15) is 23.4 Å². The lowest BCUT2D eigenvalue weighted by atomic mass is 10.1. The molecule has 0 fully saturated rings. The fourth-order valence-corrected chi connectivity index (χ4v) is 3.47. The molecule has 0 radical (unpaired) electrons. The number of aromatic nitrogens is 1. The van der Waals surface area contributed by atoms with Crippen LogP contribution in [0.15, 0.2) is 70.9 Å². The van der Waals surface area contributed by atoms with E-state index in [-0.39, 0.29) is 6.04 Å². The SMILES string of the molecule is CCc1cccc(NC(C)C)c1NC(=NC)N(N)/N=C/c1ccc(Nc2cccc(C(F)(F)F)c2)cn1. The van der Waals surface area contributed by atoms with Gasteiger partial charge in [0.2, 0.25) is 5.96 Å². The van der Waals surface area contributed by atoms with Gasteiger partial charge < -0.3 is 16.0 Å². The van der Waals surface area contributed by atoms with Crippen LogP contribution < -0.4 is 21.8 Å². The summed E-state index contributed by atoms with van der Waals surface area (Å²) in [5.41, 5.74) is 3.49. The third-order valence-electron chi connectivity index (χ3n) is 5.22. The first-order valence-corrected chi connectivity index (χ1v) is 11.7. The summed E-state index contributed by atoms with van der Waals surface area (Å²) in [6, 6.07) is 14.6. The number of benzene rings is 2. The van der Waals surface area contributed by atoms with Crippen LogP contribution in [0.2, 0.25) is 0 Å². The van der Waals surface area contributed by atoms with Gasteiger partial charge in [0.05, 0.1) is 40.7 Å². The van der Waals surface area contributed by atoms with Crippen LogP contribution >= 0.6 is 0 Å². The van der Waals surface area contributed by atoms with E-state index < -0.39 is 11.7 Å². The number of nitrogens with one attached hydrogen (secondary N) is 3. The second kappa shape index (κ2) is 12.2. The molecule has 3 aromatic rings. The number of aliphatic imine (C=N–C) groups is 1. The van der Waals surface area contributed by atoms with Gasteiger partial charge in [0.1, 0.15) is 0 Å². The van der Waals surface area contributed by atoms with Crippen molar-refractivity contribution in [2.45, 2.75) is 39.4 Å². The number of rotatable bonds is 8. The van der Waals surface area contributed by atoms with E-state index in [4.69, 9.17) is 5.84 Å². The van der Waals surface area contributed by atoms with E-state index in [1.807, 2.05) is 18.2 Å². The minimum atomic E-state index is -4.41.